The molecule has 8 nitrogen and oxygen atoms in total. The molecular weight excluding hydrogens is 258 g/mol. The number of aliphatic hydroxyl groups is 1. The third kappa shape index (κ3) is 2.78. The molecule has 0 saturated carbocycles. The highest BCUT2D eigenvalue weighted by Crippen LogP contribution is 2.32. The first-order valence-corrected chi connectivity index (χ1v) is 5.66. The lowest BCUT2D eigenvalue weighted by molar-refractivity contribution is -0.165. The number of aliphatic carboxylic acids is 2. The summed E-state index contributed by atoms with van der Waals surface area (Å²) in [5.41, 5.74) is -3.38. The Labute approximate surface area is 109 Å². The number of likely N-dealkylation sites (tertiary alicyclic amines) is 1. The van der Waals surface area contributed by atoms with Crippen LogP contribution < -0.4 is 0 Å². The van der Waals surface area contributed by atoms with Crippen LogP contribution in [0.2, 0.25) is 0 Å². The van der Waals surface area contributed by atoms with Gasteiger partial charge in [0.15, 0.2) is 0 Å². The maximum Gasteiger partial charge on any atom is 0.411 e. The van der Waals surface area contributed by atoms with Gasteiger partial charge in [-0.2, -0.15) is 0 Å². The average molecular weight is 275 g/mol. The van der Waals surface area contributed by atoms with E-state index in [1.807, 2.05) is 0 Å². The molecule has 1 atom stereocenters. The first kappa shape index (κ1) is 15.2. The van der Waals surface area contributed by atoms with Gasteiger partial charge >= 0.3 is 18.0 Å². The number of nitrogens with zero attached hydrogens (tertiary/aromatic N) is 1. The lowest BCUT2D eigenvalue weighted by Crippen LogP contribution is -2.59. The Hall–Kier alpha value is -1.83. The van der Waals surface area contributed by atoms with Gasteiger partial charge in [0.1, 0.15) is 5.60 Å². The zero-order valence-electron chi connectivity index (χ0n) is 10.9. The summed E-state index contributed by atoms with van der Waals surface area (Å²) in [7, 11) is 0. The molecule has 0 spiro atoms. The van der Waals surface area contributed by atoms with Crippen molar-refractivity contribution in [3.05, 3.63) is 0 Å². The fourth-order valence-corrected chi connectivity index (χ4v) is 1.93. The Morgan fingerprint density at radius 1 is 1.21 bits per heavy atom. The maximum atomic E-state index is 11.9. The smallest absolute Gasteiger partial charge is 0.411 e. The number of hydrogen-bond donors (Lipinski definition) is 3. The van der Waals surface area contributed by atoms with Crippen LogP contribution in [-0.4, -0.2) is 62.0 Å². The SMILES string of the molecule is CC(C)(C)OC(=O)N1CC(O)CC1(C(=O)O)C(=O)O. The topological polar surface area (TPSA) is 124 Å². The van der Waals surface area contributed by atoms with Crippen LogP contribution in [0.5, 0.6) is 0 Å². The molecule has 1 heterocycles. The number of amides is 1. The molecule has 0 aromatic rings. The molecule has 1 unspecified atom stereocenters. The van der Waals surface area contributed by atoms with Crippen LogP contribution >= 0.6 is 0 Å². The quantitative estimate of drug-likeness (QED) is 0.601. The lowest BCUT2D eigenvalue weighted by atomic mass is 9.96. The zero-order valence-corrected chi connectivity index (χ0v) is 10.9. The van der Waals surface area contributed by atoms with Crippen molar-refractivity contribution in [2.24, 2.45) is 0 Å². The molecule has 1 aliphatic rings. The number of β-amino-alcohol motifs (C(OH)–C–C–N with tert-alkyl or cyclic N) is 1. The molecule has 108 valence electrons. The number of rotatable bonds is 2. The largest absolute Gasteiger partial charge is 0.479 e. The van der Waals surface area contributed by atoms with Gasteiger partial charge in [-0.25, -0.2) is 14.4 Å². The van der Waals surface area contributed by atoms with Crippen LogP contribution in [0, 0.1) is 0 Å². The number of hydrogen-bond acceptors (Lipinski definition) is 5. The van der Waals surface area contributed by atoms with Gasteiger partial charge in [0.05, 0.1) is 12.6 Å². The first-order chi connectivity index (χ1) is 8.50. The van der Waals surface area contributed by atoms with Crippen LogP contribution in [0.4, 0.5) is 4.79 Å². The summed E-state index contributed by atoms with van der Waals surface area (Å²) in [4.78, 5) is 34.9. The van der Waals surface area contributed by atoms with Gasteiger partial charge in [-0.15, -0.1) is 0 Å². The molecule has 0 aromatic carbocycles. The molecule has 19 heavy (non-hydrogen) atoms. The van der Waals surface area contributed by atoms with Gasteiger partial charge in [-0.3, -0.25) is 4.90 Å². The Morgan fingerprint density at radius 2 is 1.68 bits per heavy atom. The van der Waals surface area contributed by atoms with Crippen LogP contribution in [0.15, 0.2) is 0 Å². The molecule has 3 N–H and O–H groups in total. The average Bonchev–Trinajstić information content (AvgIpc) is 2.54. The minimum atomic E-state index is -2.48. The Bertz CT molecular complexity index is 398. The van der Waals surface area contributed by atoms with Crippen molar-refractivity contribution in [3.8, 4) is 0 Å². The van der Waals surface area contributed by atoms with Crippen LogP contribution in [0.25, 0.3) is 0 Å². The fraction of sp³-hybridized carbons (Fsp3) is 0.727. The second-order valence-corrected chi connectivity index (χ2v) is 5.42. The van der Waals surface area contributed by atoms with Crippen molar-refractivity contribution >= 4 is 18.0 Å². The predicted octanol–water partition coefficient (Wildman–Crippen LogP) is -0.104. The summed E-state index contributed by atoms with van der Waals surface area (Å²) in [6.07, 6.45) is -2.87. The van der Waals surface area contributed by atoms with E-state index < -0.39 is 48.2 Å². The minimum Gasteiger partial charge on any atom is -0.479 e. The normalized spacial score (nSPS) is 22.1. The van der Waals surface area contributed by atoms with Crippen LogP contribution in [0.1, 0.15) is 27.2 Å². The molecule has 1 fully saturated rings. The van der Waals surface area contributed by atoms with Crippen LogP contribution in [-0.2, 0) is 14.3 Å². The summed E-state index contributed by atoms with van der Waals surface area (Å²) >= 11 is 0. The molecule has 8 heteroatoms. The van der Waals surface area contributed by atoms with Gasteiger partial charge in [0.25, 0.3) is 0 Å². The molecule has 1 amide bonds. The number of carboxylic acid groups (broad SMARTS) is 2. The van der Waals surface area contributed by atoms with E-state index in [0.717, 1.165) is 0 Å². The number of carbonyl (C=O) groups is 3. The lowest BCUT2D eigenvalue weighted by Gasteiger charge is -2.32. The molecule has 1 saturated heterocycles. The van der Waals surface area contributed by atoms with E-state index in [-0.39, 0.29) is 0 Å². The minimum absolute atomic E-state index is 0.395. The summed E-state index contributed by atoms with van der Waals surface area (Å²) in [6, 6.07) is 0. The van der Waals surface area contributed by atoms with Crippen LogP contribution in [0.3, 0.4) is 0 Å². The van der Waals surface area contributed by atoms with Crippen molar-refractivity contribution in [2.45, 2.75) is 44.4 Å². The van der Waals surface area contributed by atoms with E-state index in [9.17, 15) is 19.5 Å². The number of carbonyl (C=O) groups excluding carboxylic acids is 1. The predicted molar refractivity (Wildman–Crippen MR) is 61.6 cm³/mol. The molecule has 0 aliphatic carbocycles. The van der Waals surface area contributed by atoms with E-state index in [1.54, 1.807) is 20.8 Å². The molecule has 0 bridgehead atoms. The number of ether oxygens (including phenoxy) is 1. The molecular formula is C11H17NO7. The van der Waals surface area contributed by atoms with Crippen molar-refractivity contribution in [1.82, 2.24) is 4.90 Å². The second kappa shape index (κ2) is 4.69. The van der Waals surface area contributed by atoms with Gasteiger partial charge in [-0.1, -0.05) is 0 Å². The summed E-state index contributed by atoms with van der Waals surface area (Å²) in [5, 5.41) is 27.8. The highest BCUT2D eigenvalue weighted by Gasteiger charge is 2.60. The highest BCUT2D eigenvalue weighted by molar-refractivity contribution is 6.06. The maximum absolute atomic E-state index is 11.9. The summed E-state index contributed by atoms with van der Waals surface area (Å²) < 4.78 is 4.97. The van der Waals surface area contributed by atoms with E-state index in [2.05, 4.69) is 0 Å². The van der Waals surface area contributed by atoms with Gasteiger partial charge in [-0.05, 0) is 20.8 Å². The third-order valence-electron chi connectivity index (χ3n) is 2.71. The van der Waals surface area contributed by atoms with Crippen molar-refractivity contribution in [3.63, 3.8) is 0 Å². The van der Waals surface area contributed by atoms with Crippen molar-refractivity contribution in [1.29, 1.82) is 0 Å². The van der Waals surface area contributed by atoms with E-state index in [0.29, 0.717) is 4.90 Å². The van der Waals surface area contributed by atoms with Crippen molar-refractivity contribution < 1.29 is 34.4 Å². The standard InChI is InChI=1S/C11H17NO7/c1-10(2,3)19-9(18)12-5-6(13)4-11(12,7(14)15)8(16)17/h6,13H,4-5H2,1-3H3,(H,14,15)(H,16,17). The van der Waals surface area contributed by atoms with Gasteiger partial charge < -0.3 is 20.1 Å². The Kier molecular flexibility index (Phi) is 3.76. The summed E-state index contributed by atoms with van der Waals surface area (Å²) in [6.45, 7) is 4.31. The monoisotopic (exact) mass is 275 g/mol. The Balaban J connectivity index is 3.12. The fourth-order valence-electron chi connectivity index (χ4n) is 1.93. The van der Waals surface area contributed by atoms with E-state index in [4.69, 9.17) is 14.9 Å². The zero-order chi connectivity index (χ0) is 15.0. The van der Waals surface area contributed by atoms with E-state index >= 15 is 0 Å². The summed E-state index contributed by atoms with van der Waals surface area (Å²) in [5.74, 6) is -3.41. The van der Waals surface area contributed by atoms with Crippen molar-refractivity contribution in [2.75, 3.05) is 6.54 Å². The third-order valence-corrected chi connectivity index (χ3v) is 2.71. The van der Waals surface area contributed by atoms with Gasteiger partial charge in [0, 0.05) is 6.42 Å². The highest BCUT2D eigenvalue weighted by atomic mass is 16.6. The molecule has 1 aliphatic heterocycles. The number of aliphatic hydroxyl groups excluding tert-OH is 1. The first-order valence-electron chi connectivity index (χ1n) is 5.66. The van der Waals surface area contributed by atoms with E-state index in [1.165, 1.54) is 0 Å². The molecule has 0 aromatic heterocycles. The molecule has 1 rings (SSSR count). The Morgan fingerprint density at radius 3 is 2.05 bits per heavy atom. The van der Waals surface area contributed by atoms with Gasteiger partial charge in [0.2, 0.25) is 5.54 Å². The molecule has 0 radical (unpaired) electrons. The second-order valence-electron chi connectivity index (χ2n) is 5.42. The number of carboxylic acids is 2.